The van der Waals surface area contributed by atoms with Crippen LogP contribution in [-0.4, -0.2) is 36.4 Å². The average Bonchev–Trinajstić information content (AvgIpc) is 3.62. The summed E-state index contributed by atoms with van der Waals surface area (Å²) in [6, 6.07) is 14.6. The number of carbonyl (C=O) groups is 3. The molecule has 168 valence electrons. The molecular formula is C27H26N2O4. The second-order valence-corrected chi connectivity index (χ2v) is 9.62. The predicted molar refractivity (Wildman–Crippen MR) is 122 cm³/mol. The lowest BCUT2D eigenvalue weighted by Gasteiger charge is -2.37. The zero-order valence-electron chi connectivity index (χ0n) is 18.7. The lowest BCUT2D eigenvalue weighted by molar-refractivity contribution is -0.140. The van der Waals surface area contributed by atoms with Crippen molar-refractivity contribution in [3.8, 4) is 5.75 Å². The number of likely N-dealkylation sites (tertiary alicyclic amines) is 1. The van der Waals surface area contributed by atoms with E-state index in [0.29, 0.717) is 28.8 Å². The summed E-state index contributed by atoms with van der Waals surface area (Å²) in [5.41, 5.74) is 1.90. The number of nitrogens with zero attached hydrogens (tertiary/aromatic N) is 2. The van der Waals surface area contributed by atoms with Crippen LogP contribution in [0.5, 0.6) is 5.75 Å². The van der Waals surface area contributed by atoms with Gasteiger partial charge in [-0.05, 0) is 60.8 Å². The minimum atomic E-state index is -0.288. The van der Waals surface area contributed by atoms with Crippen LogP contribution in [0.4, 0.5) is 5.69 Å². The van der Waals surface area contributed by atoms with Crippen molar-refractivity contribution < 1.29 is 19.1 Å². The number of benzene rings is 2. The van der Waals surface area contributed by atoms with Gasteiger partial charge >= 0.3 is 0 Å². The summed E-state index contributed by atoms with van der Waals surface area (Å²) in [5.74, 6) is 0.758. The topological polar surface area (TPSA) is 66.9 Å². The number of anilines is 1. The lowest BCUT2D eigenvalue weighted by atomic mass is 9.63. The number of aryl methyl sites for hydroxylation is 1. The highest BCUT2D eigenvalue weighted by molar-refractivity contribution is 6.10. The summed E-state index contributed by atoms with van der Waals surface area (Å²) in [6.45, 7) is 1.76. The van der Waals surface area contributed by atoms with Gasteiger partial charge in [0.1, 0.15) is 12.4 Å². The molecule has 2 aromatic carbocycles. The fraction of sp³-hybridized carbons (Fsp3) is 0.370. The number of hydrogen-bond acceptors (Lipinski definition) is 4. The fourth-order valence-electron chi connectivity index (χ4n) is 6.36. The van der Waals surface area contributed by atoms with Crippen LogP contribution in [0.1, 0.15) is 22.3 Å². The first-order chi connectivity index (χ1) is 16.0. The SMILES string of the molecule is COc1ccccc1N(CN1C(=O)[C@@H]2[C@@H]3C=C[C@H]([C@@H]4C[C@H]34)[C@@H]2C1=O)C(=O)c1ccccc1C. The third-order valence-electron chi connectivity index (χ3n) is 8.03. The molecule has 7 rings (SSSR count). The van der Waals surface area contributed by atoms with Crippen LogP contribution in [-0.2, 0) is 9.59 Å². The Labute approximate surface area is 192 Å². The van der Waals surface area contributed by atoms with E-state index in [1.54, 1.807) is 25.3 Å². The summed E-state index contributed by atoms with van der Waals surface area (Å²) in [6.07, 6.45) is 5.44. The van der Waals surface area contributed by atoms with Gasteiger partial charge in [-0.3, -0.25) is 24.2 Å². The van der Waals surface area contributed by atoms with Gasteiger partial charge in [0.25, 0.3) is 5.91 Å². The van der Waals surface area contributed by atoms with Crippen LogP contribution in [0.2, 0.25) is 0 Å². The zero-order valence-corrected chi connectivity index (χ0v) is 18.7. The minimum Gasteiger partial charge on any atom is -0.495 e. The first-order valence-corrected chi connectivity index (χ1v) is 11.6. The quantitative estimate of drug-likeness (QED) is 0.524. The summed E-state index contributed by atoms with van der Waals surface area (Å²) < 4.78 is 5.53. The van der Waals surface area contributed by atoms with Crippen molar-refractivity contribution in [1.29, 1.82) is 0 Å². The van der Waals surface area contributed by atoms with Crippen molar-refractivity contribution in [2.75, 3.05) is 18.7 Å². The Morgan fingerprint density at radius 2 is 1.58 bits per heavy atom. The van der Waals surface area contributed by atoms with Crippen molar-refractivity contribution >= 4 is 23.4 Å². The molecule has 2 bridgehead atoms. The number of carbonyl (C=O) groups excluding carboxylic acids is 3. The highest BCUT2D eigenvalue weighted by Gasteiger charge is 2.67. The summed E-state index contributed by atoms with van der Waals surface area (Å²) in [4.78, 5) is 43.7. The third kappa shape index (κ3) is 2.89. The van der Waals surface area contributed by atoms with Crippen molar-refractivity contribution in [3.63, 3.8) is 0 Å². The molecule has 0 N–H and O–H groups in total. The first kappa shape index (κ1) is 20.2. The maximum atomic E-state index is 13.8. The molecular weight excluding hydrogens is 416 g/mol. The molecule has 0 aromatic heterocycles. The van der Waals surface area contributed by atoms with Crippen LogP contribution < -0.4 is 9.64 Å². The molecule has 6 nitrogen and oxygen atoms in total. The summed E-state index contributed by atoms with van der Waals surface area (Å²) in [5, 5.41) is 0. The molecule has 0 unspecified atom stereocenters. The molecule has 6 heteroatoms. The lowest BCUT2D eigenvalue weighted by Crippen LogP contribution is -2.45. The number of hydrogen-bond donors (Lipinski definition) is 0. The minimum absolute atomic E-state index is 0.118. The molecule has 2 saturated carbocycles. The molecule has 1 saturated heterocycles. The normalized spacial score (nSPS) is 30.8. The average molecular weight is 443 g/mol. The molecule has 6 atom stereocenters. The second kappa shape index (κ2) is 7.30. The Morgan fingerprint density at radius 3 is 2.21 bits per heavy atom. The van der Waals surface area contributed by atoms with Gasteiger partial charge in [0.15, 0.2) is 0 Å². The zero-order chi connectivity index (χ0) is 22.9. The molecule has 4 aliphatic carbocycles. The Bertz CT molecular complexity index is 1170. The van der Waals surface area contributed by atoms with Crippen LogP contribution >= 0.6 is 0 Å². The molecule has 3 amide bonds. The third-order valence-corrected chi connectivity index (χ3v) is 8.03. The van der Waals surface area contributed by atoms with E-state index in [1.165, 1.54) is 9.80 Å². The first-order valence-electron chi connectivity index (χ1n) is 11.6. The number of rotatable bonds is 5. The molecule has 5 aliphatic rings. The Balaban J connectivity index is 1.38. The van der Waals surface area contributed by atoms with Gasteiger partial charge in [0.2, 0.25) is 11.8 Å². The standard InChI is InChI=1S/C27H26N2O4/c1-15-7-3-4-8-16(15)25(30)28(21-9-5-6-10-22(21)33-2)14-29-26(31)23-17-11-12-18(20-13-19(17)20)24(23)27(29)32/h3-12,17-20,23-24H,13-14H2,1-2H3/t17-,18-,19-,20+,23-,24+/m1/s1. The number of imide groups is 1. The predicted octanol–water partition coefficient (Wildman–Crippen LogP) is 3.66. The van der Waals surface area contributed by atoms with Crippen LogP contribution in [0.25, 0.3) is 0 Å². The van der Waals surface area contributed by atoms with E-state index in [9.17, 15) is 14.4 Å². The van der Waals surface area contributed by atoms with Crippen molar-refractivity contribution in [2.45, 2.75) is 13.3 Å². The summed E-state index contributed by atoms with van der Waals surface area (Å²) >= 11 is 0. The van der Waals surface area contributed by atoms with E-state index < -0.39 is 0 Å². The highest BCUT2D eigenvalue weighted by atomic mass is 16.5. The Morgan fingerprint density at radius 1 is 0.970 bits per heavy atom. The number of ether oxygens (including phenoxy) is 1. The summed E-state index contributed by atoms with van der Waals surface area (Å²) in [7, 11) is 1.55. The van der Waals surface area contributed by atoms with Gasteiger partial charge < -0.3 is 4.74 Å². The Kier molecular flexibility index (Phi) is 4.47. The maximum Gasteiger partial charge on any atom is 0.260 e. The molecule has 1 heterocycles. The van der Waals surface area contributed by atoms with Crippen molar-refractivity contribution in [3.05, 3.63) is 71.8 Å². The monoisotopic (exact) mass is 442 g/mol. The largest absolute Gasteiger partial charge is 0.495 e. The molecule has 33 heavy (non-hydrogen) atoms. The fourth-order valence-corrected chi connectivity index (χ4v) is 6.36. The van der Waals surface area contributed by atoms with E-state index in [-0.39, 0.29) is 48.1 Å². The van der Waals surface area contributed by atoms with E-state index in [4.69, 9.17) is 4.74 Å². The second-order valence-electron chi connectivity index (χ2n) is 9.62. The van der Waals surface area contributed by atoms with Gasteiger partial charge in [-0.1, -0.05) is 42.5 Å². The van der Waals surface area contributed by atoms with Gasteiger partial charge in [0, 0.05) is 5.56 Å². The van der Waals surface area contributed by atoms with E-state index >= 15 is 0 Å². The van der Waals surface area contributed by atoms with Crippen LogP contribution in [0.3, 0.4) is 0 Å². The number of para-hydroxylation sites is 2. The number of methoxy groups -OCH3 is 1. The van der Waals surface area contributed by atoms with Gasteiger partial charge in [-0.2, -0.15) is 0 Å². The molecule has 2 aromatic rings. The van der Waals surface area contributed by atoms with Gasteiger partial charge in [0.05, 0.1) is 24.6 Å². The molecule has 3 fully saturated rings. The van der Waals surface area contributed by atoms with Crippen LogP contribution in [0.15, 0.2) is 60.7 Å². The smallest absolute Gasteiger partial charge is 0.260 e. The van der Waals surface area contributed by atoms with Crippen LogP contribution in [0, 0.1) is 42.4 Å². The maximum absolute atomic E-state index is 13.8. The van der Waals surface area contributed by atoms with E-state index in [2.05, 4.69) is 12.2 Å². The van der Waals surface area contributed by atoms with Gasteiger partial charge in [-0.25, -0.2) is 0 Å². The molecule has 1 aliphatic heterocycles. The Hall–Kier alpha value is -3.41. The van der Waals surface area contributed by atoms with Crippen molar-refractivity contribution in [2.24, 2.45) is 35.5 Å². The van der Waals surface area contributed by atoms with Crippen molar-refractivity contribution in [1.82, 2.24) is 4.90 Å². The number of amides is 3. The number of allylic oxidation sites excluding steroid dienone is 2. The highest BCUT2D eigenvalue weighted by Crippen LogP contribution is 2.65. The van der Waals surface area contributed by atoms with E-state index in [0.717, 1.165) is 12.0 Å². The molecule has 0 spiro atoms. The van der Waals surface area contributed by atoms with E-state index in [1.807, 2.05) is 37.3 Å². The molecule has 0 radical (unpaired) electrons. The van der Waals surface area contributed by atoms with Gasteiger partial charge in [-0.15, -0.1) is 0 Å².